The zero-order valence-corrected chi connectivity index (χ0v) is 9.90. The van der Waals surface area contributed by atoms with Gasteiger partial charge in [-0.25, -0.2) is 13.8 Å². The van der Waals surface area contributed by atoms with Crippen LogP contribution in [0.1, 0.15) is 0 Å². The van der Waals surface area contributed by atoms with E-state index < -0.39 is 16.6 Å². The van der Waals surface area contributed by atoms with Gasteiger partial charge in [0.2, 0.25) is 5.88 Å². The molecular formula is C11H5ClF2N2O3. The van der Waals surface area contributed by atoms with Gasteiger partial charge in [0.05, 0.1) is 17.1 Å². The smallest absolute Gasteiger partial charge is 0.277 e. The van der Waals surface area contributed by atoms with Gasteiger partial charge in [-0.05, 0) is 0 Å². The van der Waals surface area contributed by atoms with Crippen molar-refractivity contribution in [2.24, 2.45) is 0 Å². The molecule has 2 rings (SSSR count). The van der Waals surface area contributed by atoms with Gasteiger partial charge in [0, 0.05) is 18.2 Å². The maximum absolute atomic E-state index is 12.9. The number of benzene rings is 1. The largest absolute Gasteiger partial charge is 0.439 e. The third-order valence-electron chi connectivity index (χ3n) is 2.02. The molecule has 2 aromatic rings. The topological polar surface area (TPSA) is 65.3 Å². The quantitative estimate of drug-likeness (QED) is 0.490. The molecule has 5 nitrogen and oxygen atoms in total. The predicted molar refractivity (Wildman–Crippen MR) is 62.3 cm³/mol. The second-order valence-corrected chi connectivity index (χ2v) is 3.84. The lowest BCUT2D eigenvalue weighted by atomic mass is 10.3. The van der Waals surface area contributed by atoms with Crippen LogP contribution < -0.4 is 4.74 Å². The summed E-state index contributed by atoms with van der Waals surface area (Å²) in [6.07, 6.45) is 0. The molecule has 0 atom stereocenters. The first kappa shape index (κ1) is 13.2. The number of ether oxygens (including phenoxy) is 1. The van der Waals surface area contributed by atoms with Crippen molar-refractivity contribution in [2.45, 2.75) is 0 Å². The van der Waals surface area contributed by atoms with Crippen molar-refractivity contribution >= 4 is 17.3 Å². The van der Waals surface area contributed by atoms with Crippen molar-refractivity contribution in [2.75, 3.05) is 0 Å². The minimum absolute atomic E-state index is 0.166. The molecule has 0 fully saturated rings. The van der Waals surface area contributed by atoms with Gasteiger partial charge in [-0.3, -0.25) is 10.1 Å². The van der Waals surface area contributed by atoms with Crippen LogP contribution >= 0.6 is 11.6 Å². The highest BCUT2D eigenvalue weighted by molar-refractivity contribution is 6.29. The van der Waals surface area contributed by atoms with Crippen molar-refractivity contribution in [1.29, 1.82) is 0 Å². The molecule has 0 unspecified atom stereocenters. The lowest BCUT2D eigenvalue weighted by Crippen LogP contribution is -1.94. The van der Waals surface area contributed by atoms with E-state index in [4.69, 9.17) is 16.3 Å². The van der Waals surface area contributed by atoms with Gasteiger partial charge in [-0.2, -0.15) is 0 Å². The normalized spacial score (nSPS) is 10.3. The van der Waals surface area contributed by atoms with Crippen LogP contribution in [0.25, 0.3) is 0 Å². The highest BCUT2D eigenvalue weighted by atomic mass is 35.5. The first-order chi connectivity index (χ1) is 8.94. The fourth-order valence-corrected chi connectivity index (χ4v) is 1.52. The molecule has 0 aliphatic heterocycles. The van der Waals surface area contributed by atoms with E-state index in [0.29, 0.717) is 6.07 Å². The molecule has 0 aliphatic rings. The van der Waals surface area contributed by atoms with Crippen LogP contribution in [0.3, 0.4) is 0 Å². The Labute approximate surface area is 110 Å². The van der Waals surface area contributed by atoms with Gasteiger partial charge in [-0.15, -0.1) is 0 Å². The Kier molecular flexibility index (Phi) is 3.57. The van der Waals surface area contributed by atoms with E-state index in [1.807, 2.05) is 0 Å². The zero-order valence-electron chi connectivity index (χ0n) is 9.14. The molecule has 0 bridgehead atoms. The summed E-state index contributed by atoms with van der Waals surface area (Å²) in [4.78, 5) is 13.6. The lowest BCUT2D eigenvalue weighted by molar-refractivity contribution is -0.385. The summed E-state index contributed by atoms with van der Waals surface area (Å²) in [5.74, 6) is -2.09. The van der Waals surface area contributed by atoms with E-state index in [0.717, 1.165) is 24.3 Å². The molecule has 0 N–H and O–H groups in total. The first-order valence-electron chi connectivity index (χ1n) is 4.90. The van der Waals surface area contributed by atoms with Crippen molar-refractivity contribution < 1.29 is 18.4 Å². The van der Waals surface area contributed by atoms with Crippen LogP contribution in [0, 0.1) is 21.7 Å². The molecule has 0 radical (unpaired) electrons. The van der Waals surface area contributed by atoms with Gasteiger partial charge in [-0.1, -0.05) is 11.6 Å². The number of nitrogens with zero attached hydrogens (tertiary/aromatic N) is 2. The molecule has 0 spiro atoms. The van der Waals surface area contributed by atoms with Crippen LogP contribution in [-0.4, -0.2) is 9.91 Å². The average Bonchev–Trinajstić information content (AvgIpc) is 2.26. The fourth-order valence-electron chi connectivity index (χ4n) is 1.33. The third-order valence-corrected chi connectivity index (χ3v) is 2.22. The van der Waals surface area contributed by atoms with Crippen molar-refractivity contribution in [3.63, 3.8) is 0 Å². The standard InChI is InChI=1S/C11H5ClF2N2O3/c12-10-4-8(16(17)18)5-11(15-10)19-9-2-6(13)1-7(14)3-9/h1-5H. The number of halogens is 3. The summed E-state index contributed by atoms with van der Waals surface area (Å²) in [7, 11) is 0. The molecule has 0 saturated heterocycles. The molecule has 1 heterocycles. The Bertz CT molecular complexity index is 632. The minimum atomic E-state index is -0.841. The number of hydrogen-bond donors (Lipinski definition) is 0. The van der Waals surface area contributed by atoms with E-state index in [-0.39, 0.29) is 22.5 Å². The lowest BCUT2D eigenvalue weighted by Gasteiger charge is -2.05. The van der Waals surface area contributed by atoms with Gasteiger partial charge >= 0.3 is 0 Å². The molecule has 0 amide bonds. The molecule has 98 valence electrons. The van der Waals surface area contributed by atoms with E-state index in [2.05, 4.69) is 4.98 Å². The van der Waals surface area contributed by atoms with E-state index in [9.17, 15) is 18.9 Å². The van der Waals surface area contributed by atoms with E-state index >= 15 is 0 Å². The Morgan fingerprint density at radius 3 is 2.37 bits per heavy atom. The molecule has 1 aromatic carbocycles. The minimum Gasteiger partial charge on any atom is -0.439 e. The Balaban J connectivity index is 2.35. The van der Waals surface area contributed by atoms with Crippen LogP contribution in [0.4, 0.5) is 14.5 Å². The van der Waals surface area contributed by atoms with Gasteiger partial charge < -0.3 is 4.74 Å². The van der Waals surface area contributed by atoms with Crippen LogP contribution in [-0.2, 0) is 0 Å². The molecular weight excluding hydrogens is 282 g/mol. The summed E-state index contributed by atoms with van der Waals surface area (Å²) in [6, 6.07) is 4.52. The summed E-state index contributed by atoms with van der Waals surface area (Å²) in [5, 5.41) is 10.4. The van der Waals surface area contributed by atoms with Gasteiger partial charge in [0.15, 0.2) is 0 Å². The third kappa shape index (κ3) is 3.35. The maximum Gasteiger partial charge on any atom is 0.277 e. The number of hydrogen-bond acceptors (Lipinski definition) is 4. The number of rotatable bonds is 3. The van der Waals surface area contributed by atoms with Gasteiger partial charge in [0.25, 0.3) is 5.69 Å². The molecule has 0 saturated carbocycles. The monoisotopic (exact) mass is 286 g/mol. The van der Waals surface area contributed by atoms with Crippen LogP contribution in [0.2, 0.25) is 5.15 Å². The Hall–Kier alpha value is -2.28. The second-order valence-electron chi connectivity index (χ2n) is 3.45. The molecule has 19 heavy (non-hydrogen) atoms. The summed E-state index contributed by atoms with van der Waals surface area (Å²) < 4.78 is 30.9. The zero-order chi connectivity index (χ0) is 14.0. The number of pyridine rings is 1. The fraction of sp³-hybridized carbons (Fsp3) is 0. The highest BCUT2D eigenvalue weighted by Gasteiger charge is 2.12. The van der Waals surface area contributed by atoms with E-state index in [1.165, 1.54) is 0 Å². The number of aromatic nitrogens is 1. The van der Waals surface area contributed by atoms with Crippen molar-refractivity contribution in [3.8, 4) is 11.6 Å². The summed E-state index contributed by atoms with van der Waals surface area (Å²) in [6.45, 7) is 0. The first-order valence-corrected chi connectivity index (χ1v) is 5.28. The number of nitro groups is 1. The molecule has 0 aliphatic carbocycles. The van der Waals surface area contributed by atoms with E-state index in [1.54, 1.807) is 0 Å². The van der Waals surface area contributed by atoms with Crippen molar-refractivity contribution in [1.82, 2.24) is 4.98 Å². The molecule has 8 heteroatoms. The highest BCUT2D eigenvalue weighted by Crippen LogP contribution is 2.27. The predicted octanol–water partition coefficient (Wildman–Crippen LogP) is 3.71. The summed E-state index contributed by atoms with van der Waals surface area (Å²) >= 11 is 5.58. The van der Waals surface area contributed by atoms with Gasteiger partial charge in [0.1, 0.15) is 22.5 Å². The maximum atomic E-state index is 12.9. The van der Waals surface area contributed by atoms with Crippen molar-refractivity contribution in [3.05, 3.63) is 57.2 Å². The Morgan fingerprint density at radius 2 is 1.79 bits per heavy atom. The van der Waals surface area contributed by atoms with Crippen LogP contribution in [0.15, 0.2) is 30.3 Å². The Morgan fingerprint density at radius 1 is 1.16 bits per heavy atom. The summed E-state index contributed by atoms with van der Waals surface area (Å²) in [5.41, 5.74) is -0.341. The SMILES string of the molecule is O=[N+]([O-])c1cc(Cl)nc(Oc2cc(F)cc(F)c2)c1. The van der Waals surface area contributed by atoms with Crippen LogP contribution in [0.5, 0.6) is 11.6 Å². The molecule has 1 aromatic heterocycles. The average molecular weight is 287 g/mol. The second kappa shape index (κ2) is 5.15.